The fourth-order valence-corrected chi connectivity index (χ4v) is 15.4. The average molecular weight is 1180 g/mol. The fourth-order valence-electron chi connectivity index (χ4n) is 15.4. The van der Waals surface area contributed by atoms with Gasteiger partial charge >= 0.3 is 0 Å². The quantitative estimate of drug-likeness (QED) is 0.0814. The van der Waals surface area contributed by atoms with Crippen LogP contribution in [0.15, 0.2) is 66.9 Å². The Morgan fingerprint density at radius 2 is 1.49 bits per heavy atom. The number of rotatable bonds is 13. The second-order valence-electron chi connectivity index (χ2n) is 26.3. The van der Waals surface area contributed by atoms with Gasteiger partial charge in [0.2, 0.25) is 29.5 Å². The molecule has 8 amide bonds. The molecule has 13 rings (SSSR count). The van der Waals surface area contributed by atoms with Crippen LogP contribution in [0.25, 0.3) is 22.2 Å². The van der Waals surface area contributed by atoms with E-state index in [0.29, 0.717) is 105 Å². The first-order chi connectivity index (χ1) is 41.8. The third-order valence-corrected chi connectivity index (χ3v) is 20.2. The fraction of sp³-hybridized carbons (Fsp3) is 0.507. The zero-order valence-electron chi connectivity index (χ0n) is 50.4. The number of nitrogens with one attached hydrogen (secondary N) is 4. The number of hydrogen-bond acceptors (Lipinski definition) is 12. The van der Waals surface area contributed by atoms with Gasteiger partial charge in [0.05, 0.1) is 39.4 Å². The van der Waals surface area contributed by atoms with Crippen LogP contribution < -0.4 is 26.2 Å². The SMILES string of the molecule is Cc1cc(F)c(Nc2nc(-c3ccc4c(c3)N(C3CC(N5CCCCC5)C3)C(=O)C43CCN(C(=O)C4CCN(C(=O)C5CCC(Nc6cccc7c6C(=O)N(C6CCC(=O)NC6=O)C7=O)CC5)C4)CC3)cc3ccn(C(C)C)c23)cc1C(=O)NC(C)C. The number of carbonyl (C=O) groups excluding carboxylic acids is 8. The van der Waals surface area contributed by atoms with E-state index in [0.717, 1.165) is 58.5 Å². The molecule has 1 spiro atoms. The molecular weight excluding hydrogens is 1110 g/mol. The van der Waals surface area contributed by atoms with Gasteiger partial charge in [-0.25, -0.2) is 9.37 Å². The summed E-state index contributed by atoms with van der Waals surface area (Å²) in [6.07, 6.45) is 11.6. The van der Waals surface area contributed by atoms with Crippen LogP contribution in [0, 0.1) is 24.6 Å². The summed E-state index contributed by atoms with van der Waals surface area (Å²) in [5.74, 6) is -2.99. The van der Waals surface area contributed by atoms with Gasteiger partial charge < -0.3 is 40.1 Å². The lowest BCUT2D eigenvalue weighted by molar-refractivity contribution is -0.140. The summed E-state index contributed by atoms with van der Waals surface area (Å²) in [6.45, 7) is 13.5. The number of fused-ring (bicyclic) bond motifs is 4. The lowest BCUT2D eigenvalue weighted by Gasteiger charge is -2.48. The molecule has 2 aromatic heterocycles. The number of pyridine rings is 1. The first-order valence-electron chi connectivity index (χ1n) is 31.7. The number of benzene rings is 3. The molecule has 5 aromatic rings. The zero-order chi connectivity index (χ0) is 60.7. The van der Waals surface area contributed by atoms with Crippen molar-refractivity contribution in [1.82, 2.24) is 39.8 Å². The molecule has 87 heavy (non-hydrogen) atoms. The lowest BCUT2D eigenvalue weighted by Crippen LogP contribution is -2.58. The summed E-state index contributed by atoms with van der Waals surface area (Å²) < 4.78 is 18.1. The Morgan fingerprint density at radius 3 is 2.22 bits per heavy atom. The summed E-state index contributed by atoms with van der Waals surface area (Å²) in [6, 6.07) is 17.5. The number of likely N-dealkylation sites (tertiary alicyclic amines) is 3. The molecule has 19 nitrogen and oxygen atoms in total. The predicted molar refractivity (Wildman–Crippen MR) is 327 cm³/mol. The topological polar surface area (TPSA) is 219 Å². The van der Waals surface area contributed by atoms with E-state index < -0.39 is 40.9 Å². The highest BCUT2D eigenvalue weighted by Crippen LogP contribution is 2.53. The Hall–Kier alpha value is -8.00. The van der Waals surface area contributed by atoms with Crippen molar-refractivity contribution >= 4 is 81.0 Å². The number of piperidine rings is 3. The average Bonchev–Trinajstić information content (AvgIpc) is 1.58. The molecule has 2 saturated carbocycles. The van der Waals surface area contributed by atoms with Crippen LogP contribution in [-0.2, 0) is 29.4 Å². The molecule has 4 N–H and O–H groups in total. The molecule has 456 valence electrons. The van der Waals surface area contributed by atoms with E-state index in [1.807, 2.05) is 48.0 Å². The van der Waals surface area contributed by atoms with Crippen molar-refractivity contribution in [2.24, 2.45) is 11.8 Å². The maximum Gasteiger partial charge on any atom is 0.264 e. The summed E-state index contributed by atoms with van der Waals surface area (Å²) in [5, 5.41) is 12.9. The lowest BCUT2D eigenvalue weighted by atomic mass is 9.73. The maximum absolute atomic E-state index is 16.0. The number of amides is 8. The molecule has 8 aliphatic rings. The van der Waals surface area contributed by atoms with E-state index in [4.69, 9.17) is 4.98 Å². The number of imide groups is 2. The first-order valence-corrected chi connectivity index (χ1v) is 31.7. The Labute approximate surface area is 506 Å². The van der Waals surface area contributed by atoms with Gasteiger partial charge in [0.15, 0.2) is 5.82 Å². The molecule has 2 unspecified atom stereocenters. The van der Waals surface area contributed by atoms with E-state index in [-0.39, 0.29) is 89.3 Å². The highest BCUT2D eigenvalue weighted by molar-refractivity contribution is 6.25. The van der Waals surface area contributed by atoms with Crippen LogP contribution in [0.3, 0.4) is 0 Å². The second kappa shape index (κ2) is 22.9. The van der Waals surface area contributed by atoms with Crippen molar-refractivity contribution < 1.29 is 42.7 Å². The normalized spacial score (nSPS) is 24.7. The van der Waals surface area contributed by atoms with Crippen molar-refractivity contribution in [2.75, 3.05) is 54.8 Å². The van der Waals surface area contributed by atoms with Gasteiger partial charge in [-0.1, -0.05) is 24.6 Å². The van der Waals surface area contributed by atoms with E-state index in [2.05, 4.69) is 61.6 Å². The molecule has 2 atom stereocenters. The van der Waals surface area contributed by atoms with Gasteiger partial charge in [0, 0.05) is 103 Å². The van der Waals surface area contributed by atoms with Gasteiger partial charge in [0.1, 0.15) is 11.9 Å². The number of aromatic nitrogens is 2. The van der Waals surface area contributed by atoms with Crippen LogP contribution in [0.1, 0.15) is 166 Å². The summed E-state index contributed by atoms with van der Waals surface area (Å²) in [7, 11) is 0. The van der Waals surface area contributed by atoms with E-state index in [1.165, 1.54) is 25.3 Å². The molecule has 2 aliphatic carbocycles. The number of nitrogens with zero attached hydrogens (tertiary/aromatic N) is 7. The third kappa shape index (κ3) is 10.4. The molecular formula is C67H78FN11O8. The van der Waals surface area contributed by atoms with Gasteiger partial charge in [0.25, 0.3) is 17.7 Å². The Balaban J connectivity index is 0.691. The van der Waals surface area contributed by atoms with Crippen LogP contribution in [0.4, 0.5) is 27.3 Å². The van der Waals surface area contributed by atoms with Gasteiger partial charge in [-0.15, -0.1) is 0 Å². The molecule has 8 heterocycles. The number of halogens is 1. The van der Waals surface area contributed by atoms with Gasteiger partial charge in [-0.2, -0.15) is 0 Å². The van der Waals surface area contributed by atoms with Crippen LogP contribution >= 0.6 is 0 Å². The van der Waals surface area contributed by atoms with Crippen molar-refractivity contribution in [3.8, 4) is 11.3 Å². The molecule has 4 saturated heterocycles. The second-order valence-corrected chi connectivity index (χ2v) is 26.3. The Morgan fingerprint density at radius 1 is 0.747 bits per heavy atom. The molecule has 0 bridgehead atoms. The highest BCUT2D eigenvalue weighted by atomic mass is 19.1. The molecule has 0 radical (unpaired) electrons. The van der Waals surface area contributed by atoms with Gasteiger partial charge in [-0.3, -0.25) is 48.6 Å². The number of carbonyl (C=O) groups is 8. The first kappa shape index (κ1) is 58.0. The molecule has 3 aromatic carbocycles. The molecule has 6 aliphatic heterocycles. The predicted octanol–water partition coefficient (Wildman–Crippen LogP) is 8.76. The maximum atomic E-state index is 16.0. The van der Waals surface area contributed by atoms with Crippen molar-refractivity contribution in [3.05, 3.63) is 100 Å². The van der Waals surface area contributed by atoms with E-state index >= 15 is 9.18 Å². The van der Waals surface area contributed by atoms with Crippen LogP contribution in [0.5, 0.6) is 0 Å². The van der Waals surface area contributed by atoms with Gasteiger partial charge in [-0.05, 0) is 178 Å². The monoisotopic (exact) mass is 1180 g/mol. The minimum absolute atomic E-state index is 0.0200. The third-order valence-electron chi connectivity index (χ3n) is 20.2. The summed E-state index contributed by atoms with van der Waals surface area (Å²) in [5.41, 5.74) is 5.22. The van der Waals surface area contributed by atoms with E-state index in [9.17, 15) is 33.6 Å². The largest absolute Gasteiger partial charge is 0.382 e. The summed E-state index contributed by atoms with van der Waals surface area (Å²) >= 11 is 0. The highest BCUT2D eigenvalue weighted by Gasteiger charge is 2.56. The number of anilines is 4. The molecule has 6 fully saturated rings. The Bertz CT molecular complexity index is 3660. The standard InChI is InChI=1S/C67H78FN11O8/c1-37(2)69-60(81)48-35-53(50(68)30-39(48)5)72-59-58-42(21-27-77(58)38(3)4)31-52(71-59)41-14-17-49-55(32-41)78(46-33-45(34-46)74-24-7-6-8-25-74)66(87)67(49)22-28-75(29-23-67)63(84)43-20-26-76(36-43)62(83)40-12-15-44(16-13-40)70-51-11-9-10-47-57(51)65(86)79(64(47)85)54-18-19-56(80)73-61(54)82/h9-11,14,17,21,27,30-32,35,37-38,40,43-46,54,70H,6-8,12-13,15-16,18-20,22-26,28-29,33-34,36H2,1-5H3,(H,69,81)(H,71,72)(H,73,80,82). The minimum Gasteiger partial charge on any atom is -0.382 e. The summed E-state index contributed by atoms with van der Waals surface area (Å²) in [4.78, 5) is 124. The number of hydrogen-bond donors (Lipinski definition) is 4. The van der Waals surface area contributed by atoms with E-state index in [1.54, 1.807) is 31.2 Å². The minimum atomic E-state index is -1.06. The smallest absolute Gasteiger partial charge is 0.264 e. The zero-order valence-corrected chi connectivity index (χ0v) is 50.4. The Kier molecular flexibility index (Phi) is 15.3. The molecule has 20 heteroatoms. The number of aryl methyl sites for hydroxylation is 1. The van der Waals surface area contributed by atoms with Crippen molar-refractivity contribution in [1.29, 1.82) is 0 Å². The van der Waals surface area contributed by atoms with Crippen molar-refractivity contribution in [2.45, 2.75) is 166 Å². The van der Waals surface area contributed by atoms with Crippen molar-refractivity contribution in [3.63, 3.8) is 0 Å². The van der Waals surface area contributed by atoms with Crippen LogP contribution in [0.2, 0.25) is 0 Å². The van der Waals surface area contributed by atoms with Crippen LogP contribution in [-0.4, -0.2) is 146 Å².